The van der Waals surface area contributed by atoms with Crippen LogP contribution in [0.1, 0.15) is 48.0 Å². The van der Waals surface area contributed by atoms with Crippen molar-refractivity contribution < 1.29 is 13.6 Å². The Balaban J connectivity index is 1.44. The second-order valence-corrected chi connectivity index (χ2v) is 9.46. The van der Waals surface area contributed by atoms with Crippen LogP contribution in [0.25, 0.3) is 0 Å². The molecule has 5 rings (SSSR count). The minimum Gasteiger partial charge on any atom is -0.307 e. The van der Waals surface area contributed by atoms with Crippen LogP contribution in [0, 0.1) is 17.6 Å². The first-order valence-corrected chi connectivity index (χ1v) is 11.1. The van der Waals surface area contributed by atoms with Gasteiger partial charge in [0.15, 0.2) is 0 Å². The third-order valence-corrected chi connectivity index (χ3v) is 7.49. The highest BCUT2D eigenvalue weighted by Gasteiger charge is 2.47. The van der Waals surface area contributed by atoms with E-state index in [0.29, 0.717) is 11.6 Å². The van der Waals surface area contributed by atoms with Crippen molar-refractivity contribution in [3.05, 3.63) is 64.2 Å². The van der Waals surface area contributed by atoms with Gasteiger partial charge in [0, 0.05) is 29.2 Å². The molecule has 3 aliphatic rings. The molecule has 2 heterocycles. The summed E-state index contributed by atoms with van der Waals surface area (Å²) in [7, 11) is 0. The SMILES string of the molecule is O=C(c1c(F)cccc1F)N1CC2(CCN(CC3CCC3)CC2)c2cc(Cl)ccc21. The van der Waals surface area contributed by atoms with Gasteiger partial charge in [-0.15, -0.1) is 0 Å². The van der Waals surface area contributed by atoms with E-state index >= 15 is 0 Å². The van der Waals surface area contributed by atoms with Gasteiger partial charge < -0.3 is 9.80 Å². The lowest BCUT2D eigenvalue weighted by Crippen LogP contribution is -2.47. The van der Waals surface area contributed by atoms with E-state index in [2.05, 4.69) is 4.90 Å². The summed E-state index contributed by atoms with van der Waals surface area (Å²) in [6.45, 7) is 3.53. The van der Waals surface area contributed by atoms with Crippen LogP contribution in [0.15, 0.2) is 36.4 Å². The Labute approximate surface area is 180 Å². The van der Waals surface area contributed by atoms with Gasteiger partial charge in [0.2, 0.25) is 0 Å². The van der Waals surface area contributed by atoms with Crippen LogP contribution in [0.4, 0.5) is 14.5 Å². The van der Waals surface area contributed by atoms with E-state index in [1.807, 2.05) is 12.1 Å². The number of rotatable bonds is 3. The van der Waals surface area contributed by atoms with Gasteiger partial charge in [-0.3, -0.25) is 4.79 Å². The summed E-state index contributed by atoms with van der Waals surface area (Å²) < 4.78 is 28.6. The zero-order valence-corrected chi connectivity index (χ0v) is 17.6. The molecule has 0 atom stereocenters. The van der Waals surface area contributed by atoms with Crippen LogP contribution in [0.2, 0.25) is 5.02 Å². The molecule has 1 saturated carbocycles. The van der Waals surface area contributed by atoms with Crippen molar-refractivity contribution in [2.75, 3.05) is 31.1 Å². The summed E-state index contributed by atoms with van der Waals surface area (Å²) in [6, 6.07) is 9.02. The number of piperidine rings is 1. The largest absolute Gasteiger partial charge is 0.307 e. The van der Waals surface area contributed by atoms with Gasteiger partial charge in [-0.05, 0) is 80.6 Å². The average molecular weight is 431 g/mol. The summed E-state index contributed by atoms with van der Waals surface area (Å²) in [6.07, 6.45) is 5.83. The lowest BCUT2D eigenvalue weighted by molar-refractivity contribution is 0.0958. The summed E-state index contributed by atoms with van der Waals surface area (Å²) in [5.41, 5.74) is 1.05. The first-order chi connectivity index (χ1) is 14.5. The van der Waals surface area contributed by atoms with Crippen molar-refractivity contribution in [3.63, 3.8) is 0 Å². The fraction of sp³-hybridized carbons (Fsp3) is 0.458. The summed E-state index contributed by atoms with van der Waals surface area (Å²) >= 11 is 6.31. The lowest BCUT2D eigenvalue weighted by atomic mass is 9.74. The Morgan fingerprint density at radius 1 is 1.10 bits per heavy atom. The van der Waals surface area contributed by atoms with E-state index < -0.39 is 23.1 Å². The summed E-state index contributed by atoms with van der Waals surface area (Å²) in [5, 5.41) is 0.622. The van der Waals surface area contributed by atoms with Crippen molar-refractivity contribution in [1.82, 2.24) is 4.90 Å². The molecule has 0 N–H and O–H groups in total. The van der Waals surface area contributed by atoms with Crippen LogP contribution in [0.3, 0.4) is 0 Å². The zero-order valence-electron chi connectivity index (χ0n) is 16.8. The normalized spacial score (nSPS) is 21.0. The summed E-state index contributed by atoms with van der Waals surface area (Å²) in [5.74, 6) is -1.45. The van der Waals surface area contributed by atoms with Gasteiger partial charge in [-0.25, -0.2) is 8.78 Å². The van der Waals surface area contributed by atoms with Gasteiger partial charge in [-0.1, -0.05) is 24.1 Å². The molecule has 2 fully saturated rings. The third kappa shape index (κ3) is 3.32. The van der Waals surface area contributed by atoms with E-state index in [1.165, 1.54) is 25.3 Å². The molecule has 0 aromatic heterocycles. The summed E-state index contributed by atoms with van der Waals surface area (Å²) in [4.78, 5) is 17.3. The number of amides is 1. The first-order valence-electron chi connectivity index (χ1n) is 10.8. The maximum atomic E-state index is 14.3. The van der Waals surface area contributed by atoms with E-state index in [1.54, 1.807) is 11.0 Å². The fourth-order valence-electron chi connectivity index (χ4n) is 5.29. The average Bonchev–Trinajstić information content (AvgIpc) is 2.99. The van der Waals surface area contributed by atoms with Crippen LogP contribution in [0.5, 0.6) is 0 Å². The molecule has 0 unspecified atom stereocenters. The molecular weight excluding hydrogens is 406 g/mol. The number of benzene rings is 2. The van der Waals surface area contributed by atoms with Crippen molar-refractivity contribution in [3.8, 4) is 0 Å². The van der Waals surface area contributed by atoms with Gasteiger partial charge in [0.1, 0.15) is 17.2 Å². The predicted molar refractivity (Wildman–Crippen MR) is 114 cm³/mol. The van der Waals surface area contributed by atoms with E-state index in [9.17, 15) is 13.6 Å². The van der Waals surface area contributed by atoms with Gasteiger partial charge in [0.05, 0.1) is 0 Å². The molecule has 1 saturated heterocycles. The number of hydrogen-bond donors (Lipinski definition) is 0. The number of halogens is 3. The molecule has 1 amide bonds. The van der Waals surface area contributed by atoms with Gasteiger partial charge in [0.25, 0.3) is 5.91 Å². The minimum absolute atomic E-state index is 0.215. The number of carbonyl (C=O) groups is 1. The first kappa shape index (κ1) is 20.0. The molecule has 6 heteroatoms. The predicted octanol–water partition coefficient (Wildman–Crippen LogP) is 5.41. The molecule has 0 radical (unpaired) electrons. The molecular formula is C24H25ClF2N2O. The highest BCUT2D eigenvalue weighted by atomic mass is 35.5. The van der Waals surface area contributed by atoms with Crippen molar-refractivity contribution in [2.45, 2.75) is 37.5 Å². The monoisotopic (exact) mass is 430 g/mol. The smallest absolute Gasteiger partial charge is 0.264 e. The highest BCUT2D eigenvalue weighted by molar-refractivity contribution is 6.30. The zero-order chi connectivity index (χ0) is 20.9. The maximum Gasteiger partial charge on any atom is 0.264 e. The van der Waals surface area contributed by atoms with Crippen molar-refractivity contribution in [1.29, 1.82) is 0 Å². The number of nitrogens with zero attached hydrogens (tertiary/aromatic N) is 2. The molecule has 3 nitrogen and oxygen atoms in total. The second kappa shape index (κ2) is 7.61. The number of likely N-dealkylation sites (tertiary alicyclic amines) is 1. The Morgan fingerprint density at radius 3 is 2.43 bits per heavy atom. The molecule has 0 bridgehead atoms. The minimum atomic E-state index is -0.827. The van der Waals surface area contributed by atoms with Crippen molar-refractivity contribution >= 4 is 23.2 Å². The van der Waals surface area contributed by atoms with Crippen LogP contribution in [-0.2, 0) is 5.41 Å². The van der Waals surface area contributed by atoms with E-state index in [-0.39, 0.29) is 5.41 Å². The van der Waals surface area contributed by atoms with Gasteiger partial charge >= 0.3 is 0 Å². The Kier molecular flexibility index (Phi) is 5.06. The van der Waals surface area contributed by atoms with Crippen LogP contribution >= 0.6 is 11.6 Å². The topological polar surface area (TPSA) is 23.6 Å². The van der Waals surface area contributed by atoms with Crippen LogP contribution < -0.4 is 4.90 Å². The number of fused-ring (bicyclic) bond motifs is 2. The maximum absolute atomic E-state index is 14.3. The second-order valence-electron chi connectivity index (χ2n) is 9.03. The van der Waals surface area contributed by atoms with Gasteiger partial charge in [-0.2, -0.15) is 0 Å². The lowest BCUT2D eigenvalue weighted by Gasteiger charge is -2.42. The molecule has 1 aliphatic carbocycles. The molecule has 158 valence electrons. The molecule has 30 heavy (non-hydrogen) atoms. The Hall–Kier alpha value is -1.98. The molecule has 2 aromatic carbocycles. The highest BCUT2D eigenvalue weighted by Crippen LogP contribution is 2.48. The van der Waals surface area contributed by atoms with Crippen molar-refractivity contribution in [2.24, 2.45) is 5.92 Å². The number of anilines is 1. The number of hydrogen-bond acceptors (Lipinski definition) is 2. The molecule has 2 aliphatic heterocycles. The number of carbonyl (C=O) groups excluding carboxylic acids is 1. The quantitative estimate of drug-likeness (QED) is 0.649. The third-order valence-electron chi connectivity index (χ3n) is 7.26. The molecule has 2 aromatic rings. The van der Waals surface area contributed by atoms with E-state index in [0.717, 1.165) is 61.8 Å². The molecule has 1 spiro atoms. The van der Waals surface area contributed by atoms with Crippen LogP contribution in [-0.4, -0.2) is 37.0 Å². The van der Waals surface area contributed by atoms with E-state index in [4.69, 9.17) is 11.6 Å². The fourth-order valence-corrected chi connectivity index (χ4v) is 5.46. The standard InChI is InChI=1S/C24H25ClF2N2O/c25-17-7-8-21-18(13-17)24(9-11-28(12-10-24)14-16-3-1-4-16)15-29(21)23(30)22-19(26)5-2-6-20(22)27/h2,5-8,13,16H,1,3-4,9-12,14-15H2. The Bertz CT molecular complexity index is 963. The Morgan fingerprint density at radius 2 is 1.80 bits per heavy atom.